The van der Waals surface area contributed by atoms with Crippen LogP contribution in [0, 0.1) is 0 Å². The molecule has 9 heteroatoms. The Morgan fingerprint density at radius 1 is 1.40 bits per heavy atom. The molecule has 0 aliphatic rings. The van der Waals surface area contributed by atoms with E-state index in [0.29, 0.717) is 12.1 Å². The molecule has 0 radical (unpaired) electrons. The molecule has 1 aromatic heterocycles. The Bertz CT molecular complexity index is 417. The van der Waals surface area contributed by atoms with Crippen molar-refractivity contribution in [1.29, 1.82) is 0 Å². The number of nitrogens with one attached hydrogen (secondary N) is 1. The van der Waals surface area contributed by atoms with Crippen molar-refractivity contribution in [1.82, 2.24) is 15.3 Å². The van der Waals surface area contributed by atoms with Crippen molar-refractivity contribution in [3.05, 3.63) is 24.3 Å². The second-order valence-corrected chi connectivity index (χ2v) is 3.85. The predicted octanol–water partition coefficient (Wildman–Crippen LogP) is 1.05. The summed E-state index contributed by atoms with van der Waals surface area (Å²) in [6.45, 7) is -1.99. The van der Waals surface area contributed by atoms with Crippen molar-refractivity contribution < 1.29 is 27.1 Å². The molecule has 0 saturated heterocycles. The second-order valence-electron chi connectivity index (χ2n) is 3.85. The maximum absolute atomic E-state index is 12.4. The molecule has 5 nitrogen and oxygen atoms in total. The molecule has 0 aliphatic carbocycles. The summed E-state index contributed by atoms with van der Waals surface area (Å²) in [4.78, 5) is 19.0. The van der Waals surface area contributed by atoms with Gasteiger partial charge >= 0.3 is 12.3 Å². The van der Waals surface area contributed by atoms with Crippen LogP contribution >= 0.6 is 0 Å². The number of carbonyl (C=O) groups excluding carboxylic acids is 1. The van der Waals surface area contributed by atoms with Crippen LogP contribution in [0.5, 0.6) is 0 Å². The highest BCUT2D eigenvalue weighted by Gasteiger charge is 2.41. The largest absolute Gasteiger partial charge is 0.365 e. The average Bonchev–Trinajstić information content (AvgIpc) is 2.39. The number of ether oxygens (including phenoxy) is 1. The third-order valence-electron chi connectivity index (χ3n) is 2.17. The average molecular weight is 295 g/mol. The van der Waals surface area contributed by atoms with Crippen molar-refractivity contribution in [2.75, 3.05) is 19.8 Å². The summed E-state index contributed by atoms with van der Waals surface area (Å²) in [5.41, 5.74) is 0.651. The quantitative estimate of drug-likeness (QED) is 0.728. The molecule has 0 unspecified atom stereocenters. The Balaban J connectivity index is 2.15. The second kappa shape index (κ2) is 7.73. The first-order valence-corrected chi connectivity index (χ1v) is 5.67. The molecule has 1 aromatic rings. The normalized spacial score (nSPS) is 11.7. The minimum atomic E-state index is -4.25. The van der Waals surface area contributed by atoms with Crippen LogP contribution in [0.25, 0.3) is 0 Å². The van der Waals surface area contributed by atoms with Crippen LogP contribution in [0.2, 0.25) is 0 Å². The fourth-order valence-electron chi connectivity index (χ4n) is 1.18. The van der Waals surface area contributed by atoms with Crippen LogP contribution in [0.3, 0.4) is 0 Å². The lowest BCUT2D eigenvalue weighted by molar-refractivity contribution is -0.168. The van der Waals surface area contributed by atoms with Gasteiger partial charge in [-0.3, -0.25) is 14.8 Å². The van der Waals surface area contributed by atoms with E-state index in [2.05, 4.69) is 20.0 Å². The van der Waals surface area contributed by atoms with E-state index in [1.165, 1.54) is 18.6 Å². The molecule has 1 amide bonds. The summed E-state index contributed by atoms with van der Waals surface area (Å²) in [7, 11) is 0. The Kier molecular flexibility index (Phi) is 6.29. The van der Waals surface area contributed by atoms with Gasteiger partial charge in [0.1, 0.15) is 13.2 Å². The van der Waals surface area contributed by atoms with Gasteiger partial charge in [0, 0.05) is 31.6 Å². The van der Waals surface area contributed by atoms with Crippen molar-refractivity contribution in [3.63, 3.8) is 0 Å². The predicted molar refractivity (Wildman–Crippen MR) is 60.5 cm³/mol. The van der Waals surface area contributed by atoms with E-state index in [1.54, 1.807) is 0 Å². The lowest BCUT2D eigenvalue weighted by Gasteiger charge is -2.14. The monoisotopic (exact) mass is 295 g/mol. The molecule has 0 bridgehead atoms. The minimum Gasteiger partial charge on any atom is -0.365 e. The number of alkyl halides is 4. The van der Waals surface area contributed by atoms with Gasteiger partial charge in [0.15, 0.2) is 0 Å². The third kappa shape index (κ3) is 5.91. The summed E-state index contributed by atoms with van der Waals surface area (Å²) in [6, 6.07) is 0. The lowest BCUT2D eigenvalue weighted by atomic mass is 10.3. The molecule has 0 saturated carbocycles. The van der Waals surface area contributed by atoms with Crippen LogP contribution in [-0.4, -0.2) is 48.0 Å². The topological polar surface area (TPSA) is 64.1 Å². The van der Waals surface area contributed by atoms with Crippen LogP contribution in [0.4, 0.5) is 17.6 Å². The molecule has 20 heavy (non-hydrogen) atoms. The summed E-state index contributed by atoms with van der Waals surface area (Å²) in [5.74, 6) is -4.92. The van der Waals surface area contributed by atoms with Crippen LogP contribution in [-0.2, 0) is 16.0 Å². The number of amides is 1. The van der Waals surface area contributed by atoms with Gasteiger partial charge in [-0.05, 0) is 0 Å². The van der Waals surface area contributed by atoms with Gasteiger partial charge in [-0.15, -0.1) is 0 Å². The van der Waals surface area contributed by atoms with E-state index < -0.39 is 31.5 Å². The van der Waals surface area contributed by atoms with Crippen molar-refractivity contribution in [2.45, 2.75) is 18.8 Å². The van der Waals surface area contributed by atoms with Crippen molar-refractivity contribution >= 4 is 5.91 Å². The standard InChI is InChI=1S/C11H13F4N3O2/c12-10(13)11(14,15)7-20-6-9(19)18-2-1-8-5-16-3-4-17-8/h3-5,10H,1-2,6-7H2,(H,18,19). The number of nitrogens with zero attached hydrogens (tertiary/aromatic N) is 2. The Hall–Kier alpha value is -1.77. The number of aromatic nitrogens is 2. The molecular weight excluding hydrogens is 282 g/mol. The zero-order chi connectivity index (χ0) is 15.0. The van der Waals surface area contributed by atoms with Gasteiger partial charge in [0.05, 0.1) is 5.69 Å². The molecule has 0 spiro atoms. The fraction of sp³-hybridized carbons (Fsp3) is 0.545. The van der Waals surface area contributed by atoms with E-state index in [1.807, 2.05) is 0 Å². The van der Waals surface area contributed by atoms with Crippen LogP contribution in [0.1, 0.15) is 5.69 Å². The molecule has 0 aliphatic heterocycles. The highest BCUT2D eigenvalue weighted by molar-refractivity contribution is 5.77. The number of carbonyl (C=O) groups is 1. The molecule has 1 N–H and O–H groups in total. The zero-order valence-corrected chi connectivity index (χ0v) is 10.4. The zero-order valence-electron chi connectivity index (χ0n) is 10.4. The minimum absolute atomic E-state index is 0.214. The summed E-state index contributed by atoms with van der Waals surface area (Å²) in [5, 5.41) is 2.38. The van der Waals surface area contributed by atoms with E-state index in [-0.39, 0.29) is 6.54 Å². The highest BCUT2D eigenvalue weighted by Crippen LogP contribution is 2.22. The maximum Gasteiger partial charge on any atom is 0.330 e. The van der Waals surface area contributed by atoms with Crippen LogP contribution < -0.4 is 5.32 Å². The van der Waals surface area contributed by atoms with Crippen LogP contribution in [0.15, 0.2) is 18.6 Å². The highest BCUT2D eigenvalue weighted by atomic mass is 19.3. The molecule has 112 valence electrons. The van der Waals surface area contributed by atoms with Crippen molar-refractivity contribution in [2.24, 2.45) is 0 Å². The number of halogens is 4. The number of rotatable bonds is 8. The molecule has 0 aromatic carbocycles. The van der Waals surface area contributed by atoms with Gasteiger partial charge in [-0.2, -0.15) is 8.78 Å². The number of hydrogen-bond donors (Lipinski definition) is 1. The molecule has 0 atom stereocenters. The molecular formula is C11H13F4N3O2. The Labute approximate surface area is 112 Å². The first kappa shape index (κ1) is 16.3. The van der Waals surface area contributed by atoms with E-state index in [4.69, 9.17) is 0 Å². The maximum atomic E-state index is 12.4. The van der Waals surface area contributed by atoms with E-state index in [9.17, 15) is 22.4 Å². The molecule has 1 rings (SSSR count). The van der Waals surface area contributed by atoms with Gasteiger partial charge < -0.3 is 10.1 Å². The summed E-state index contributed by atoms with van der Waals surface area (Å²) >= 11 is 0. The first-order chi connectivity index (χ1) is 9.42. The lowest BCUT2D eigenvalue weighted by Crippen LogP contribution is -2.35. The van der Waals surface area contributed by atoms with Crippen molar-refractivity contribution in [3.8, 4) is 0 Å². The van der Waals surface area contributed by atoms with E-state index in [0.717, 1.165) is 0 Å². The molecule has 0 fully saturated rings. The Morgan fingerprint density at radius 2 is 2.15 bits per heavy atom. The first-order valence-electron chi connectivity index (χ1n) is 5.67. The van der Waals surface area contributed by atoms with Gasteiger partial charge in [-0.1, -0.05) is 0 Å². The fourth-order valence-corrected chi connectivity index (χ4v) is 1.18. The third-order valence-corrected chi connectivity index (χ3v) is 2.17. The SMILES string of the molecule is O=C(COCC(F)(F)C(F)F)NCCc1cnccn1. The number of hydrogen-bond acceptors (Lipinski definition) is 4. The summed E-state index contributed by atoms with van der Waals surface area (Å²) < 4.78 is 52.7. The van der Waals surface area contributed by atoms with Gasteiger partial charge in [-0.25, -0.2) is 8.78 Å². The van der Waals surface area contributed by atoms with Gasteiger partial charge in [0.2, 0.25) is 5.91 Å². The van der Waals surface area contributed by atoms with Gasteiger partial charge in [0.25, 0.3) is 0 Å². The Morgan fingerprint density at radius 3 is 2.75 bits per heavy atom. The summed E-state index contributed by atoms with van der Waals surface area (Å²) in [6.07, 6.45) is 1.10. The molecule has 1 heterocycles. The van der Waals surface area contributed by atoms with E-state index >= 15 is 0 Å². The smallest absolute Gasteiger partial charge is 0.330 e.